The second-order valence-corrected chi connectivity index (χ2v) is 16.2. The monoisotopic (exact) mass is 630 g/mol. The van der Waals surface area contributed by atoms with Crippen LogP contribution >= 0.6 is 0 Å². The molecule has 0 radical (unpaired) electrons. The molecule has 0 fully saturated rings. The minimum Gasteiger partial charge on any atom is -0.376 e. The predicted molar refractivity (Wildman–Crippen MR) is 213 cm³/mol. The highest BCUT2D eigenvalue weighted by atomic mass is 15.0. The lowest BCUT2D eigenvalue weighted by Gasteiger charge is -2.29. The standard InChI is InChI=1S/C46H39BN2/c1-45(2,3)30-20-22-34-35-23-21-31(46(4,5)6)27-41(35)49(40(34)26-30)47-36-17-11-12-18-38(36)48-39-24-19-28-13-7-9-15-32(28)42(39)43-33-16-10-8-14-29(33)25-37(47)44(43)48/h7-27H,1-6H3. The van der Waals surface area contributed by atoms with Crippen molar-refractivity contribution in [2.75, 3.05) is 0 Å². The van der Waals surface area contributed by atoms with Gasteiger partial charge in [-0.05, 0) is 78.7 Å². The first-order valence-corrected chi connectivity index (χ1v) is 17.6. The van der Waals surface area contributed by atoms with Crippen LogP contribution in [0.1, 0.15) is 52.7 Å². The Morgan fingerprint density at radius 1 is 0.449 bits per heavy atom. The summed E-state index contributed by atoms with van der Waals surface area (Å²) in [5, 5.41) is 10.5. The first-order valence-electron chi connectivity index (χ1n) is 17.6. The van der Waals surface area contributed by atoms with Crippen molar-refractivity contribution in [3.8, 4) is 5.69 Å². The summed E-state index contributed by atoms with van der Waals surface area (Å²) in [7, 11) is 0. The minimum atomic E-state index is -0.0168. The highest BCUT2D eigenvalue weighted by molar-refractivity contribution is 6.88. The average molecular weight is 631 g/mol. The van der Waals surface area contributed by atoms with E-state index < -0.39 is 0 Å². The van der Waals surface area contributed by atoms with Crippen LogP contribution in [0.25, 0.3) is 70.8 Å². The quantitative estimate of drug-likeness (QED) is 0.160. The van der Waals surface area contributed by atoms with Crippen molar-refractivity contribution in [1.82, 2.24) is 9.05 Å². The van der Waals surface area contributed by atoms with Crippen LogP contribution < -0.4 is 10.9 Å². The Morgan fingerprint density at radius 2 is 1.02 bits per heavy atom. The van der Waals surface area contributed by atoms with Gasteiger partial charge in [0.25, 0.3) is 0 Å². The van der Waals surface area contributed by atoms with Crippen LogP contribution in [0.3, 0.4) is 0 Å². The van der Waals surface area contributed by atoms with Gasteiger partial charge in [-0.3, -0.25) is 0 Å². The fourth-order valence-corrected chi connectivity index (χ4v) is 8.77. The molecule has 0 saturated carbocycles. The largest absolute Gasteiger partial charge is 0.376 e. The maximum atomic E-state index is 2.69. The molecule has 3 heteroatoms. The third-order valence-electron chi connectivity index (χ3n) is 11.2. The Balaban J connectivity index is 1.45. The van der Waals surface area contributed by atoms with E-state index >= 15 is 0 Å². The molecule has 0 unspecified atom stereocenters. The van der Waals surface area contributed by atoms with Crippen molar-refractivity contribution < 1.29 is 0 Å². The van der Waals surface area contributed by atoms with Crippen molar-refractivity contribution in [3.63, 3.8) is 0 Å². The topological polar surface area (TPSA) is 9.86 Å². The Bertz CT molecular complexity index is 2780. The van der Waals surface area contributed by atoms with Crippen molar-refractivity contribution >= 4 is 82.9 Å². The molecule has 1 aliphatic rings. The second kappa shape index (κ2) is 9.67. The van der Waals surface area contributed by atoms with Gasteiger partial charge in [0.05, 0.1) is 11.0 Å². The normalized spacial score (nSPS) is 13.5. The third kappa shape index (κ3) is 3.90. The van der Waals surface area contributed by atoms with E-state index in [-0.39, 0.29) is 17.7 Å². The molecule has 0 atom stereocenters. The lowest BCUT2D eigenvalue weighted by atomic mass is 9.48. The SMILES string of the molecule is CC(C)(C)c1ccc2c3ccc(C(C)(C)C)cc3n(B3c4ccccc4-n4c5ccc6ccccc6c5c5c6ccccc6cc3c54)c2c1. The van der Waals surface area contributed by atoms with E-state index in [9.17, 15) is 0 Å². The van der Waals surface area contributed by atoms with Gasteiger partial charge >= 0.3 is 6.85 Å². The summed E-state index contributed by atoms with van der Waals surface area (Å²) in [5.74, 6) is 0. The second-order valence-electron chi connectivity index (χ2n) is 16.2. The molecular weight excluding hydrogens is 591 g/mol. The van der Waals surface area contributed by atoms with Gasteiger partial charge in [0, 0.05) is 38.3 Å². The van der Waals surface area contributed by atoms with Gasteiger partial charge < -0.3 is 9.05 Å². The van der Waals surface area contributed by atoms with Crippen LogP contribution in [0.2, 0.25) is 0 Å². The number of fused-ring (bicyclic) bond motifs is 12. The maximum Gasteiger partial charge on any atom is 0.332 e. The lowest BCUT2D eigenvalue weighted by molar-refractivity contribution is 0.591. The van der Waals surface area contributed by atoms with Crippen LogP contribution in [-0.2, 0) is 10.8 Å². The van der Waals surface area contributed by atoms with Gasteiger partial charge in [0.2, 0.25) is 0 Å². The summed E-state index contributed by atoms with van der Waals surface area (Å²) in [6, 6.07) is 48.6. The Morgan fingerprint density at radius 3 is 1.67 bits per heavy atom. The number of benzene rings is 7. The minimum absolute atomic E-state index is 0.0168. The number of para-hydroxylation sites is 1. The number of hydrogen-bond donors (Lipinski definition) is 0. The molecule has 0 bridgehead atoms. The molecule has 9 aromatic rings. The van der Waals surface area contributed by atoms with Gasteiger partial charge in [-0.2, -0.15) is 0 Å². The van der Waals surface area contributed by atoms with Crippen molar-refractivity contribution in [1.29, 1.82) is 0 Å². The Hall–Kier alpha value is -5.28. The van der Waals surface area contributed by atoms with Crippen molar-refractivity contribution in [2.45, 2.75) is 52.4 Å². The summed E-state index contributed by atoms with van der Waals surface area (Å²) >= 11 is 0. The van der Waals surface area contributed by atoms with Crippen LogP contribution in [0.4, 0.5) is 0 Å². The first-order chi connectivity index (χ1) is 23.6. The van der Waals surface area contributed by atoms with Gasteiger partial charge in [0.1, 0.15) is 0 Å². The highest BCUT2D eigenvalue weighted by Gasteiger charge is 2.37. The zero-order chi connectivity index (χ0) is 33.4. The first kappa shape index (κ1) is 28.7. The summed E-state index contributed by atoms with van der Waals surface area (Å²) in [4.78, 5) is 0. The number of aromatic nitrogens is 2. The lowest BCUT2D eigenvalue weighted by Crippen LogP contribution is -2.53. The molecule has 0 N–H and O–H groups in total. The van der Waals surface area contributed by atoms with Gasteiger partial charge in [0.15, 0.2) is 0 Å². The summed E-state index contributed by atoms with van der Waals surface area (Å²) < 4.78 is 5.26. The summed E-state index contributed by atoms with van der Waals surface area (Å²) in [6.07, 6.45) is 0. The van der Waals surface area contributed by atoms with Gasteiger partial charge in [-0.25, -0.2) is 0 Å². The maximum absolute atomic E-state index is 2.69. The van der Waals surface area contributed by atoms with Crippen molar-refractivity contribution in [2.24, 2.45) is 0 Å². The highest BCUT2D eigenvalue weighted by Crippen LogP contribution is 2.42. The molecule has 49 heavy (non-hydrogen) atoms. The molecule has 3 heterocycles. The van der Waals surface area contributed by atoms with E-state index in [2.05, 4.69) is 178 Å². The zero-order valence-electron chi connectivity index (χ0n) is 29.1. The van der Waals surface area contributed by atoms with Crippen LogP contribution in [0.15, 0.2) is 127 Å². The van der Waals surface area contributed by atoms with E-state index in [0.29, 0.717) is 0 Å². The third-order valence-corrected chi connectivity index (χ3v) is 11.2. The summed E-state index contributed by atoms with van der Waals surface area (Å²) in [5.41, 5.74) is 11.9. The Labute approximate surface area is 287 Å². The van der Waals surface area contributed by atoms with E-state index in [1.165, 1.54) is 92.9 Å². The molecule has 236 valence electrons. The smallest absolute Gasteiger partial charge is 0.332 e. The number of rotatable bonds is 1. The van der Waals surface area contributed by atoms with Crippen LogP contribution in [0.5, 0.6) is 0 Å². The van der Waals surface area contributed by atoms with Crippen molar-refractivity contribution in [3.05, 3.63) is 139 Å². The number of hydrogen-bond acceptors (Lipinski definition) is 0. The van der Waals surface area contributed by atoms with E-state index in [0.717, 1.165) is 0 Å². The average Bonchev–Trinajstić information content (AvgIpc) is 3.61. The van der Waals surface area contributed by atoms with E-state index in [1.54, 1.807) is 0 Å². The predicted octanol–water partition coefficient (Wildman–Crippen LogP) is 10.8. The molecule has 0 aliphatic carbocycles. The molecule has 0 saturated heterocycles. The molecule has 1 aliphatic heterocycles. The fourth-order valence-electron chi connectivity index (χ4n) is 8.77. The fraction of sp³-hybridized carbons (Fsp3) is 0.174. The molecule has 2 nitrogen and oxygen atoms in total. The summed E-state index contributed by atoms with van der Waals surface area (Å²) in [6.45, 7) is 13.9. The van der Waals surface area contributed by atoms with Crippen LogP contribution in [0, 0.1) is 0 Å². The van der Waals surface area contributed by atoms with E-state index in [1.807, 2.05) is 0 Å². The molecule has 0 amide bonds. The molecule has 2 aromatic heterocycles. The Kier molecular flexibility index (Phi) is 5.66. The molecule has 0 spiro atoms. The zero-order valence-corrected chi connectivity index (χ0v) is 29.1. The van der Waals surface area contributed by atoms with Crippen LogP contribution in [-0.4, -0.2) is 15.9 Å². The van der Waals surface area contributed by atoms with Gasteiger partial charge in [-0.1, -0.05) is 145 Å². The number of nitrogens with zero attached hydrogens (tertiary/aromatic N) is 2. The van der Waals surface area contributed by atoms with Gasteiger partial charge in [-0.15, -0.1) is 0 Å². The molecular formula is C46H39BN2. The molecule has 10 rings (SSSR count). The van der Waals surface area contributed by atoms with E-state index in [4.69, 9.17) is 0 Å². The molecule has 7 aromatic carbocycles.